The molecule has 0 unspecified atom stereocenters. The first-order chi connectivity index (χ1) is 11.7. The molecule has 0 spiro atoms. The summed E-state index contributed by atoms with van der Waals surface area (Å²) in [6.45, 7) is 1.19. The Morgan fingerprint density at radius 1 is 1.17 bits per heavy atom. The van der Waals surface area contributed by atoms with Crippen molar-refractivity contribution >= 4 is 23.2 Å². The number of nitrogens with zero attached hydrogens (tertiary/aromatic N) is 3. The van der Waals surface area contributed by atoms with E-state index in [0.29, 0.717) is 37.4 Å². The number of hydrazone groups is 1. The Morgan fingerprint density at radius 2 is 2.00 bits per heavy atom. The highest BCUT2D eigenvalue weighted by Crippen LogP contribution is 2.30. The quantitative estimate of drug-likeness (QED) is 0.834. The molecule has 1 saturated carbocycles. The predicted molar refractivity (Wildman–Crippen MR) is 89.7 cm³/mol. The SMILES string of the molecule is O=C1CCC(C(=O)N2CCO[C@H]3CCC[C@H]32)=NN1c1ccccc1. The topological polar surface area (TPSA) is 62.2 Å². The van der Waals surface area contributed by atoms with E-state index in [4.69, 9.17) is 4.74 Å². The summed E-state index contributed by atoms with van der Waals surface area (Å²) in [5.41, 5.74) is 1.18. The van der Waals surface area contributed by atoms with Crippen LogP contribution in [0.2, 0.25) is 0 Å². The van der Waals surface area contributed by atoms with Gasteiger partial charge in [0.2, 0.25) is 5.91 Å². The monoisotopic (exact) mass is 327 g/mol. The third kappa shape index (κ3) is 2.71. The molecule has 3 aliphatic rings. The van der Waals surface area contributed by atoms with E-state index >= 15 is 0 Å². The molecule has 6 nitrogen and oxygen atoms in total. The van der Waals surface area contributed by atoms with Gasteiger partial charge in [-0.3, -0.25) is 9.59 Å². The van der Waals surface area contributed by atoms with Crippen LogP contribution < -0.4 is 5.01 Å². The van der Waals surface area contributed by atoms with E-state index < -0.39 is 0 Å². The number of hydrogen-bond acceptors (Lipinski definition) is 4. The van der Waals surface area contributed by atoms with Crippen molar-refractivity contribution in [3.8, 4) is 0 Å². The Kier molecular flexibility index (Phi) is 4.06. The van der Waals surface area contributed by atoms with E-state index in [0.717, 1.165) is 19.3 Å². The van der Waals surface area contributed by atoms with Crippen LogP contribution in [0.25, 0.3) is 0 Å². The lowest BCUT2D eigenvalue weighted by atomic mass is 10.1. The Balaban J connectivity index is 1.58. The molecule has 6 heteroatoms. The Bertz CT molecular complexity index is 673. The molecule has 0 N–H and O–H groups in total. The normalized spacial score (nSPS) is 27.0. The molecular formula is C18H21N3O3. The van der Waals surface area contributed by atoms with Gasteiger partial charge in [-0.25, -0.2) is 5.01 Å². The maximum Gasteiger partial charge on any atom is 0.270 e. The third-order valence-electron chi connectivity index (χ3n) is 5.02. The molecule has 2 atom stereocenters. The molecule has 0 aromatic heterocycles. The summed E-state index contributed by atoms with van der Waals surface area (Å²) in [6, 6.07) is 9.43. The Hall–Kier alpha value is -2.21. The standard InChI is InChI=1S/C18H21N3O3/c22-17-10-9-14(19-21(17)13-5-2-1-3-6-13)18(23)20-11-12-24-16-8-4-7-15(16)20/h1-3,5-6,15-16H,4,7-12H2/t15-,16+/m1/s1. The van der Waals surface area contributed by atoms with E-state index in [1.165, 1.54) is 5.01 Å². The summed E-state index contributed by atoms with van der Waals surface area (Å²) in [5.74, 6) is -0.109. The number of hydrogen-bond donors (Lipinski definition) is 0. The van der Waals surface area contributed by atoms with E-state index in [9.17, 15) is 9.59 Å². The lowest BCUT2D eigenvalue weighted by Gasteiger charge is -2.38. The molecule has 4 rings (SSSR count). The smallest absolute Gasteiger partial charge is 0.270 e. The van der Waals surface area contributed by atoms with Gasteiger partial charge < -0.3 is 9.64 Å². The van der Waals surface area contributed by atoms with E-state index in [2.05, 4.69) is 5.10 Å². The van der Waals surface area contributed by atoms with Crippen LogP contribution in [0.5, 0.6) is 0 Å². The van der Waals surface area contributed by atoms with Crippen molar-refractivity contribution in [2.75, 3.05) is 18.2 Å². The first-order valence-corrected chi connectivity index (χ1v) is 8.62. The maximum absolute atomic E-state index is 13.0. The van der Waals surface area contributed by atoms with E-state index in [1.54, 1.807) is 0 Å². The minimum atomic E-state index is -0.0709. The van der Waals surface area contributed by atoms with Crippen LogP contribution in [0, 0.1) is 0 Å². The summed E-state index contributed by atoms with van der Waals surface area (Å²) < 4.78 is 5.78. The molecule has 2 amide bonds. The molecular weight excluding hydrogens is 306 g/mol. The van der Waals surface area contributed by atoms with Crippen molar-refractivity contribution in [3.05, 3.63) is 30.3 Å². The summed E-state index contributed by atoms with van der Waals surface area (Å²) in [4.78, 5) is 27.1. The van der Waals surface area contributed by atoms with Gasteiger partial charge in [0.25, 0.3) is 5.91 Å². The highest BCUT2D eigenvalue weighted by Gasteiger charge is 2.40. The summed E-state index contributed by atoms with van der Waals surface area (Å²) >= 11 is 0. The lowest BCUT2D eigenvalue weighted by Crippen LogP contribution is -2.54. The molecule has 0 radical (unpaired) electrons. The van der Waals surface area contributed by atoms with Crippen molar-refractivity contribution in [1.82, 2.24) is 4.90 Å². The van der Waals surface area contributed by atoms with Gasteiger partial charge in [-0.2, -0.15) is 5.10 Å². The highest BCUT2D eigenvalue weighted by atomic mass is 16.5. The van der Waals surface area contributed by atoms with E-state index in [-0.39, 0.29) is 24.0 Å². The van der Waals surface area contributed by atoms with Crippen LogP contribution in [0.15, 0.2) is 35.4 Å². The number of benzene rings is 1. The van der Waals surface area contributed by atoms with Gasteiger partial charge in [0.15, 0.2) is 0 Å². The number of amides is 2. The summed E-state index contributed by atoms with van der Waals surface area (Å²) in [6.07, 6.45) is 4.01. The zero-order valence-electron chi connectivity index (χ0n) is 13.6. The number of carbonyl (C=O) groups excluding carboxylic acids is 2. The molecule has 1 saturated heterocycles. The van der Waals surface area contributed by atoms with Gasteiger partial charge in [-0.15, -0.1) is 0 Å². The third-order valence-corrected chi connectivity index (χ3v) is 5.02. The molecule has 1 aliphatic carbocycles. The second kappa shape index (κ2) is 6.36. The molecule has 2 aliphatic heterocycles. The van der Waals surface area contributed by atoms with E-state index in [1.807, 2.05) is 35.2 Å². The summed E-state index contributed by atoms with van der Waals surface area (Å²) in [5, 5.41) is 5.76. The zero-order chi connectivity index (χ0) is 16.5. The van der Waals surface area contributed by atoms with Crippen molar-refractivity contribution in [3.63, 3.8) is 0 Å². The van der Waals surface area contributed by atoms with Crippen LogP contribution in [0.4, 0.5) is 5.69 Å². The van der Waals surface area contributed by atoms with Gasteiger partial charge in [0, 0.05) is 19.4 Å². The number of para-hydroxylation sites is 1. The van der Waals surface area contributed by atoms with Crippen LogP contribution in [-0.2, 0) is 14.3 Å². The zero-order valence-corrected chi connectivity index (χ0v) is 13.6. The Labute approximate surface area is 141 Å². The first-order valence-electron chi connectivity index (χ1n) is 8.62. The maximum atomic E-state index is 13.0. The van der Waals surface area contributed by atoms with Crippen LogP contribution in [0.1, 0.15) is 32.1 Å². The number of carbonyl (C=O) groups is 2. The van der Waals surface area contributed by atoms with Crippen molar-refractivity contribution in [2.24, 2.45) is 5.10 Å². The second-order valence-electron chi connectivity index (χ2n) is 6.49. The minimum Gasteiger partial charge on any atom is -0.374 e. The molecule has 1 aromatic rings. The molecule has 126 valence electrons. The largest absolute Gasteiger partial charge is 0.374 e. The Morgan fingerprint density at radius 3 is 2.83 bits per heavy atom. The average Bonchev–Trinajstić information content (AvgIpc) is 3.11. The minimum absolute atomic E-state index is 0.0383. The van der Waals surface area contributed by atoms with Crippen molar-refractivity contribution in [2.45, 2.75) is 44.2 Å². The molecule has 1 aromatic carbocycles. The molecule has 2 heterocycles. The number of morpholine rings is 1. The highest BCUT2D eigenvalue weighted by molar-refractivity contribution is 6.40. The fourth-order valence-electron chi connectivity index (χ4n) is 3.82. The fourth-order valence-corrected chi connectivity index (χ4v) is 3.82. The average molecular weight is 327 g/mol. The predicted octanol–water partition coefficient (Wildman–Crippen LogP) is 1.95. The molecule has 0 bridgehead atoms. The van der Waals surface area contributed by atoms with Crippen molar-refractivity contribution < 1.29 is 14.3 Å². The summed E-state index contributed by atoms with van der Waals surface area (Å²) in [7, 11) is 0. The molecule has 24 heavy (non-hydrogen) atoms. The second-order valence-corrected chi connectivity index (χ2v) is 6.49. The van der Waals surface area contributed by atoms with Crippen LogP contribution >= 0.6 is 0 Å². The number of ether oxygens (including phenoxy) is 1. The van der Waals surface area contributed by atoms with Crippen molar-refractivity contribution in [1.29, 1.82) is 0 Å². The van der Waals surface area contributed by atoms with Gasteiger partial charge >= 0.3 is 0 Å². The van der Waals surface area contributed by atoms with Crippen LogP contribution in [-0.4, -0.2) is 47.7 Å². The number of fused-ring (bicyclic) bond motifs is 1. The number of rotatable bonds is 2. The van der Waals surface area contributed by atoms with Gasteiger partial charge in [0.05, 0.1) is 24.4 Å². The first kappa shape index (κ1) is 15.3. The van der Waals surface area contributed by atoms with Crippen LogP contribution in [0.3, 0.4) is 0 Å². The molecule has 2 fully saturated rings. The van der Waals surface area contributed by atoms with Gasteiger partial charge in [-0.05, 0) is 31.4 Å². The lowest BCUT2D eigenvalue weighted by molar-refractivity contribution is -0.136. The van der Waals surface area contributed by atoms with Gasteiger partial charge in [-0.1, -0.05) is 18.2 Å². The number of anilines is 1. The fraction of sp³-hybridized carbons (Fsp3) is 0.500. The van der Waals surface area contributed by atoms with Gasteiger partial charge in [0.1, 0.15) is 5.71 Å².